The number of nitrogens with zero attached hydrogens (tertiary/aromatic N) is 1. The standard InChI is InChI=1S/C12H19BrN2/c1-9(2)7-8-10(3)14-12-6-4-5-11(13)15-12/h4-6,9-10H,7-8H2,1-3H3,(H,14,15). The predicted octanol–water partition coefficient (Wildman–Crippen LogP) is 4.08. The van der Waals surface area contributed by atoms with E-state index < -0.39 is 0 Å². The molecule has 1 aromatic heterocycles. The predicted molar refractivity (Wildman–Crippen MR) is 69.1 cm³/mol. The van der Waals surface area contributed by atoms with Crippen LogP contribution in [0.5, 0.6) is 0 Å². The molecule has 1 heterocycles. The van der Waals surface area contributed by atoms with E-state index in [4.69, 9.17) is 0 Å². The summed E-state index contributed by atoms with van der Waals surface area (Å²) in [5.41, 5.74) is 0. The fraction of sp³-hybridized carbons (Fsp3) is 0.583. The Balaban J connectivity index is 2.40. The van der Waals surface area contributed by atoms with E-state index in [-0.39, 0.29) is 0 Å². The molecule has 1 N–H and O–H groups in total. The molecule has 0 saturated carbocycles. The summed E-state index contributed by atoms with van der Waals surface area (Å²) in [6.45, 7) is 6.71. The Hall–Kier alpha value is -0.570. The van der Waals surface area contributed by atoms with Gasteiger partial charge in [-0.25, -0.2) is 4.98 Å². The molecule has 0 aliphatic carbocycles. The largest absolute Gasteiger partial charge is 0.368 e. The molecule has 0 fully saturated rings. The molecule has 0 aliphatic rings. The Morgan fingerprint density at radius 3 is 2.60 bits per heavy atom. The molecule has 0 amide bonds. The minimum absolute atomic E-state index is 0.481. The molecule has 0 radical (unpaired) electrons. The van der Waals surface area contributed by atoms with Crippen LogP contribution in [0.1, 0.15) is 33.6 Å². The van der Waals surface area contributed by atoms with Crippen LogP contribution in [0.4, 0.5) is 5.82 Å². The molecule has 0 bridgehead atoms. The number of anilines is 1. The lowest BCUT2D eigenvalue weighted by molar-refractivity contribution is 0.527. The van der Waals surface area contributed by atoms with Crippen LogP contribution in [0.3, 0.4) is 0 Å². The zero-order valence-corrected chi connectivity index (χ0v) is 11.2. The van der Waals surface area contributed by atoms with E-state index in [1.165, 1.54) is 12.8 Å². The molecule has 1 atom stereocenters. The van der Waals surface area contributed by atoms with Gasteiger partial charge in [0.15, 0.2) is 0 Å². The van der Waals surface area contributed by atoms with Gasteiger partial charge >= 0.3 is 0 Å². The van der Waals surface area contributed by atoms with Crippen molar-refractivity contribution in [3.05, 3.63) is 22.8 Å². The maximum atomic E-state index is 4.35. The average Bonchev–Trinajstić information content (AvgIpc) is 2.15. The van der Waals surface area contributed by atoms with Gasteiger partial charge in [-0.2, -0.15) is 0 Å². The van der Waals surface area contributed by atoms with Crippen molar-refractivity contribution >= 4 is 21.7 Å². The maximum Gasteiger partial charge on any atom is 0.127 e. The third-order valence-corrected chi connectivity index (χ3v) is 2.73. The van der Waals surface area contributed by atoms with Crippen molar-refractivity contribution in [2.24, 2.45) is 5.92 Å². The summed E-state index contributed by atoms with van der Waals surface area (Å²) in [6, 6.07) is 6.41. The molecular weight excluding hydrogens is 252 g/mol. The molecular formula is C12H19BrN2. The van der Waals surface area contributed by atoms with Crippen LogP contribution >= 0.6 is 15.9 Å². The molecule has 1 unspecified atom stereocenters. The molecule has 0 aliphatic heterocycles. The summed E-state index contributed by atoms with van der Waals surface area (Å²) in [5, 5.41) is 3.40. The van der Waals surface area contributed by atoms with Gasteiger partial charge in [0.1, 0.15) is 10.4 Å². The monoisotopic (exact) mass is 270 g/mol. The van der Waals surface area contributed by atoms with Crippen LogP contribution in [0.2, 0.25) is 0 Å². The zero-order chi connectivity index (χ0) is 11.3. The molecule has 84 valence electrons. The van der Waals surface area contributed by atoms with E-state index in [0.717, 1.165) is 16.3 Å². The number of rotatable bonds is 5. The van der Waals surface area contributed by atoms with E-state index in [9.17, 15) is 0 Å². The molecule has 2 nitrogen and oxygen atoms in total. The van der Waals surface area contributed by atoms with E-state index in [2.05, 4.69) is 47.0 Å². The van der Waals surface area contributed by atoms with Crippen molar-refractivity contribution in [1.82, 2.24) is 4.98 Å². The van der Waals surface area contributed by atoms with Crippen LogP contribution < -0.4 is 5.32 Å². The summed E-state index contributed by atoms with van der Waals surface area (Å²) in [5.74, 6) is 1.71. The summed E-state index contributed by atoms with van der Waals surface area (Å²) < 4.78 is 0.878. The third-order valence-electron chi connectivity index (χ3n) is 2.29. The lowest BCUT2D eigenvalue weighted by Crippen LogP contribution is -2.16. The minimum atomic E-state index is 0.481. The molecule has 1 rings (SSSR count). The van der Waals surface area contributed by atoms with Gasteiger partial charge in [-0.15, -0.1) is 0 Å². The zero-order valence-electron chi connectivity index (χ0n) is 9.63. The summed E-state index contributed by atoms with van der Waals surface area (Å²) in [6.07, 6.45) is 2.44. The second-order valence-corrected chi connectivity index (χ2v) is 5.17. The number of hydrogen-bond acceptors (Lipinski definition) is 2. The number of hydrogen-bond donors (Lipinski definition) is 1. The second-order valence-electron chi connectivity index (χ2n) is 4.36. The highest BCUT2D eigenvalue weighted by atomic mass is 79.9. The van der Waals surface area contributed by atoms with Crippen molar-refractivity contribution in [3.63, 3.8) is 0 Å². The highest BCUT2D eigenvalue weighted by Crippen LogP contribution is 2.13. The third kappa shape index (κ3) is 5.17. The number of halogens is 1. The van der Waals surface area contributed by atoms with E-state index in [0.29, 0.717) is 6.04 Å². The Morgan fingerprint density at radius 1 is 1.27 bits per heavy atom. The summed E-state index contributed by atoms with van der Waals surface area (Å²) in [7, 11) is 0. The quantitative estimate of drug-likeness (QED) is 0.816. The van der Waals surface area contributed by atoms with Gasteiger partial charge in [0, 0.05) is 6.04 Å². The average molecular weight is 271 g/mol. The normalized spacial score (nSPS) is 12.9. The minimum Gasteiger partial charge on any atom is -0.368 e. The molecule has 0 aromatic carbocycles. The highest BCUT2D eigenvalue weighted by Gasteiger charge is 2.04. The lowest BCUT2D eigenvalue weighted by atomic mass is 10.0. The first-order chi connectivity index (χ1) is 7.08. The number of nitrogens with one attached hydrogen (secondary N) is 1. The molecule has 1 aromatic rings. The van der Waals surface area contributed by atoms with Gasteiger partial charge in [-0.1, -0.05) is 19.9 Å². The van der Waals surface area contributed by atoms with Gasteiger partial charge in [0.05, 0.1) is 0 Å². The van der Waals surface area contributed by atoms with Gasteiger partial charge < -0.3 is 5.32 Å². The Labute approximate surface area is 101 Å². The first-order valence-corrected chi connectivity index (χ1v) is 6.26. The first kappa shape index (κ1) is 12.5. The fourth-order valence-electron chi connectivity index (χ4n) is 1.40. The SMILES string of the molecule is CC(C)CCC(C)Nc1cccc(Br)n1. The van der Waals surface area contributed by atoms with Gasteiger partial charge in [-0.3, -0.25) is 0 Å². The Bertz CT molecular complexity index is 299. The van der Waals surface area contributed by atoms with Crippen LogP contribution in [0.25, 0.3) is 0 Å². The van der Waals surface area contributed by atoms with Crippen molar-refractivity contribution in [3.8, 4) is 0 Å². The van der Waals surface area contributed by atoms with Crippen LogP contribution in [0, 0.1) is 5.92 Å². The first-order valence-electron chi connectivity index (χ1n) is 5.47. The topological polar surface area (TPSA) is 24.9 Å². The van der Waals surface area contributed by atoms with Crippen molar-refractivity contribution < 1.29 is 0 Å². The molecule has 3 heteroatoms. The second kappa shape index (κ2) is 6.11. The maximum absolute atomic E-state index is 4.35. The van der Waals surface area contributed by atoms with Crippen LogP contribution in [0.15, 0.2) is 22.8 Å². The molecule has 15 heavy (non-hydrogen) atoms. The molecule has 0 spiro atoms. The Morgan fingerprint density at radius 2 is 2.00 bits per heavy atom. The summed E-state index contributed by atoms with van der Waals surface area (Å²) >= 11 is 3.36. The Kier molecular flexibility index (Phi) is 5.09. The van der Waals surface area contributed by atoms with Crippen LogP contribution in [-0.4, -0.2) is 11.0 Å². The van der Waals surface area contributed by atoms with Gasteiger partial charge in [0.2, 0.25) is 0 Å². The van der Waals surface area contributed by atoms with E-state index >= 15 is 0 Å². The number of aromatic nitrogens is 1. The summed E-state index contributed by atoms with van der Waals surface area (Å²) in [4.78, 5) is 4.35. The molecule has 0 saturated heterocycles. The van der Waals surface area contributed by atoms with Crippen molar-refractivity contribution in [2.75, 3.05) is 5.32 Å². The lowest BCUT2D eigenvalue weighted by Gasteiger charge is -2.15. The van der Waals surface area contributed by atoms with Gasteiger partial charge in [-0.05, 0) is 53.7 Å². The highest BCUT2D eigenvalue weighted by molar-refractivity contribution is 9.10. The smallest absolute Gasteiger partial charge is 0.127 e. The van der Waals surface area contributed by atoms with E-state index in [1.807, 2.05) is 18.2 Å². The fourth-order valence-corrected chi connectivity index (χ4v) is 1.74. The van der Waals surface area contributed by atoms with Crippen molar-refractivity contribution in [1.29, 1.82) is 0 Å². The van der Waals surface area contributed by atoms with Gasteiger partial charge in [0.25, 0.3) is 0 Å². The van der Waals surface area contributed by atoms with Crippen LogP contribution in [-0.2, 0) is 0 Å². The van der Waals surface area contributed by atoms with Crippen molar-refractivity contribution in [2.45, 2.75) is 39.7 Å². The number of pyridine rings is 1. The van der Waals surface area contributed by atoms with E-state index in [1.54, 1.807) is 0 Å².